The Hall–Kier alpha value is -2.93. The maximum absolute atomic E-state index is 12.8. The molecule has 0 spiro atoms. The number of benzene rings is 1. The number of aromatic nitrogens is 3. The summed E-state index contributed by atoms with van der Waals surface area (Å²) in [5.74, 6) is 0.156. The molecule has 4 rings (SSSR count). The number of nitrogens with zero attached hydrogens (tertiary/aromatic N) is 4. The van der Waals surface area contributed by atoms with Gasteiger partial charge in [-0.1, -0.05) is 29.8 Å². The number of piperidine rings is 1. The first-order valence-corrected chi connectivity index (χ1v) is 9.08. The van der Waals surface area contributed by atoms with Crippen LogP contribution in [0.1, 0.15) is 23.3 Å². The minimum absolute atomic E-state index is 0.148. The van der Waals surface area contributed by atoms with Gasteiger partial charge in [-0.15, -0.1) is 0 Å². The average molecular weight is 384 g/mol. The molecule has 1 N–H and O–H groups in total. The molecule has 2 amide bonds. The molecule has 0 saturated carbocycles. The molecule has 1 aliphatic rings. The van der Waals surface area contributed by atoms with Crippen LogP contribution in [-0.4, -0.2) is 39.2 Å². The Morgan fingerprint density at radius 2 is 2.11 bits per heavy atom. The fourth-order valence-electron chi connectivity index (χ4n) is 3.35. The van der Waals surface area contributed by atoms with E-state index < -0.39 is 11.9 Å². The molecule has 1 fully saturated rings. The van der Waals surface area contributed by atoms with Gasteiger partial charge in [-0.2, -0.15) is 5.10 Å². The summed E-state index contributed by atoms with van der Waals surface area (Å²) in [4.78, 5) is 31.6. The first-order chi connectivity index (χ1) is 13.0. The van der Waals surface area contributed by atoms with E-state index in [1.54, 1.807) is 35.0 Å². The summed E-state index contributed by atoms with van der Waals surface area (Å²) < 4.78 is 1.65. The molecule has 8 heteroatoms. The van der Waals surface area contributed by atoms with E-state index in [4.69, 9.17) is 11.6 Å². The lowest BCUT2D eigenvalue weighted by atomic mass is 10.0. The number of anilines is 1. The zero-order valence-electron chi connectivity index (χ0n) is 14.7. The number of rotatable bonds is 3. The molecule has 138 valence electrons. The number of carbonyl (C=O) groups excluding carboxylic acids is 2. The van der Waals surface area contributed by atoms with E-state index >= 15 is 0 Å². The minimum Gasteiger partial charge on any atom is -0.339 e. The van der Waals surface area contributed by atoms with Crippen LogP contribution >= 0.6 is 11.6 Å². The second-order valence-corrected chi connectivity index (χ2v) is 6.88. The summed E-state index contributed by atoms with van der Waals surface area (Å²) >= 11 is 6.28. The first kappa shape index (κ1) is 17.5. The largest absolute Gasteiger partial charge is 0.339 e. The number of carbonyl (C=O) groups is 2. The van der Waals surface area contributed by atoms with E-state index in [9.17, 15) is 9.59 Å². The van der Waals surface area contributed by atoms with E-state index in [-0.39, 0.29) is 11.6 Å². The highest BCUT2D eigenvalue weighted by atomic mass is 35.5. The highest BCUT2D eigenvalue weighted by Crippen LogP contribution is 2.24. The summed E-state index contributed by atoms with van der Waals surface area (Å²) in [5, 5.41) is 8.16. The molecule has 1 saturated heterocycles. The van der Waals surface area contributed by atoms with Crippen molar-refractivity contribution in [3.8, 4) is 0 Å². The number of aryl methyl sites for hydroxylation is 1. The van der Waals surface area contributed by atoms with Gasteiger partial charge in [0.25, 0.3) is 11.8 Å². The Morgan fingerprint density at radius 1 is 1.30 bits per heavy atom. The predicted octanol–water partition coefficient (Wildman–Crippen LogP) is 2.55. The maximum atomic E-state index is 12.8. The van der Waals surface area contributed by atoms with Crippen LogP contribution in [0, 0.1) is 0 Å². The van der Waals surface area contributed by atoms with Crippen molar-refractivity contribution in [2.75, 3.05) is 11.4 Å². The highest BCUT2D eigenvalue weighted by Gasteiger charge is 2.32. The van der Waals surface area contributed by atoms with Crippen LogP contribution < -0.4 is 10.2 Å². The summed E-state index contributed by atoms with van der Waals surface area (Å²) in [6.07, 6.45) is 3.01. The minimum atomic E-state index is -0.604. The van der Waals surface area contributed by atoms with Gasteiger partial charge in [-0.05, 0) is 25.0 Å². The van der Waals surface area contributed by atoms with Crippen molar-refractivity contribution in [2.24, 2.45) is 7.05 Å². The quantitative estimate of drug-likeness (QED) is 0.753. The summed E-state index contributed by atoms with van der Waals surface area (Å²) in [5.41, 5.74) is 0.839. The van der Waals surface area contributed by atoms with Gasteiger partial charge in [0.15, 0.2) is 0 Å². The van der Waals surface area contributed by atoms with Crippen LogP contribution in [0.3, 0.4) is 0 Å². The summed E-state index contributed by atoms with van der Waals surface area (Å²) in [6, 6.07) is 10.1. The van der Waals surface area contributed by atoms with Crippen LogP contribution in [0.4, 0.5) is 5.82 Å². The van der Waals surface area contributed by atoms with Crippen LogP contribution in [0.25, 0.3) is 10.9 Å². The van der Waals surface area contributed by atoms with Gasteiger partial charge in [-0.25, -0.2) is 4.98 Å². The van der Waals surface area contributed by atoms with E-state index in [0.29, 0.717) is 29.3 Å². The van der Waals surface area contributed by atoms with E-state index in [1.807, 2.05) is 18.2 Å². The normalized spacial score (nSPS) is 17.3. The van der Waals surface area contributed by atoms with Crippen molar-refractivity contribution < 1.29 is 9.59 Å². The number of amides is 2. The lowest BCUT2D eigenvalue weighted by Gasteiger charge is -2.32. The Bertz CT molecular complexity index is 1030. The van der Waals surface area contributed by atoms with Gasteiger partial charge < -0.3 is 5.32 Å². The highest BCUT2D eigenvalue weighted by molar-refractivity contribution is 6.35. The van der Waals surface area contributed by atoms with Gasteiger partial charge >= 0.3 is 0 Å². The van der Waals surface area contributed by atoms with Crippen molar-refractivity contribution in [1.29, 1.82) is 0 Å². The van der Waals surface area contributed by atoms with Gasteiger partial charge in [0, 0.05) is 25.0 Å². The Morgan fingerprint density at radius 3 is 2.89 bits per heavy atom. The van der Waals surface area contributed by atoms with Crippen molar-refractivity contribution >= 4 is 40.1 Å². The first-order valence-electron chi connectivity index (χ1n) is 8.70. The van der Waals surface area contributed by atoms with E-state index in [1.165, 1.54) is 6.07 Å². The average Bonchev–Trinajstić information content (AvgIpc) is 3.09. The number of nitrogens with one attached hydrogen (secondary N) is 1. The molecule has 1 aliphatic heterocycles. The molecule has 7 nitrogen and oxygen atoms in total. The maximum Gasteiger partial charge on any atom is 0.270 e. The van der Waals surface area contributed by atoms with E-state index in [2.05, 4.69) is 15.4 Å². The molecule has 3 aromatic rings. The standard InChI is InChI=1S/C19H18ClN5O2/c1-24-17(8-9-21-24)25-10-4-7-15(19(25)27)23-18(26)16-11-13(20)12-5-2-3-6-14(12)22-16/h2-3,5-6,8-9,11,15H,4,7,10H2,1H3,(H,23,26). The molecule has 0 bridgehead atoms. The fraction of sp³-hybridized carbons (Fsp3) is 0.263. The molecule has 0 radical (unpaired) electrons. The molecule has 27 heavy (non-hydrogen) atoms. The zero-order chi connectivity index (χ0) is 19.0. The molecular weight excluding hydrogens is 366 g/mol. The van der Waals surface area contributed by atoms with Crippen LogP contribution in [-0.2, 0) is 11.8 Å². The van der Waals surface area contributed by atoms with Crippen LogP contribution in [0.5, 0.6) is 0 Å². The number of fused-ring (bicyclic) bond motifs is 1. The Kier molecular flexibility index (Phi) is 4.53. The van der Waals surface area contributed by atoms with Crippen LogP contribution in [0.2, 0.25) is 5.02 Å². The predicted molar refractivity (Wildman–Crippen MR) is 103 cm³/mol. The molecule has 1 unspecified atom stereocenters. The topological polar surface area (TPSA) is 80.1 Å². The monoisotopic (exact) mass is 383 g/mol. The Balaban J connectivity index is 1.56. The molecule has 2 aromatic heterocycles. The summed E-state index contributed by atoms with van der Waals surface area (Å²) in [6.45, 7) is 0.602. The number of hydrogen-bond donors (Lipinski definition) is 1. The zero-order valence-corrected chi connectivity index (χ0v) is 15.5. The van der Waals surface area contributed by atoms with Crippen molar-refractivity contribution in [3.05, 3.63) is 53.3 Å². The number of pyridine rings is 1. The molecular formula is C19H18ClN5O2. The molecule has 1 aromatic carbocycles. The van der Waals surface area contributed by atoms with Gasteiger partial charge in [-0.3, -0.25) is 19.2 Å². The molecule has 3 heterocycles. The third-order valence-electron chi connectivity index (χ3n) is 4.71. The fourth-order valence-corrected chi connectivity index (χ4v) is 3.61. The molecule has 0 aliphatic carbocycles. The number of halogens is 1. The van der Waals surface area contributed by atoms with Crippen LogP contribution in [0.15, 0.2) is 42.6 Å². The smallest absolute Gasteiger partial charge is 0.270 e. The van der Waals surface area contributed by atoms with Gasteiger partial charge in [0.05, 0.1) is 16.7 Å². The van der Waals surface area contributed by atoms with Crippen molar-refractivity contribution in [3.63, 3.8) is 0 Å². The lowest BCUT2D eigenvalue weighted by Crippen LogP contribution is -2.53. The molecule has 1 atom stereocenters. The van der Waals surface area contributed by atoms with Crippen molar-refractivity contribution in [1.82, 2.24) is 20.1 Å². The number of hydrogen-bond acceptors (Lipinski definition) is 4. The van der Waals surface area contributed by atoms with Crippen molar-refractivity contribution in [2.45, 2.75) is 18.9 Å². The van der Waals surface area contributed by atoms with E-state index in [0.717, 1.165) is 11.8 Å². The lowest BCUT2D eigenvalue weighted by molar-refractivity contribution is -0.121. The third-order valence-corrected chi connectivity index (χ3v) is 5.03. The number of para-hydroxylation sites is 1. The van der Waals surface area contributed by atoms with Gasteiger partial charge in [0.2, 0.25) is 0 Å². The van der Waals surface area contributed by atoms with Gasteiger partial charge in [0.1, 0.15) is 17.6 Å². The SMILES string of the molecule is Cn1nccc1N1CCCC(NC(=O)c2cc(Cl)c3ccccc3n2)C1=O. The summed E-state index contributed by atoms with van der Waals surface area (Å²) in [7, 11) is 1.78. The third kappa shape index (κ3) is 3.26. The second-order valence-electron chi connectivity index (χ2n) is 6.48. The Labute approximate surface area is 160 Å². The second kappa shape index (κ2) is 7.00.